The molecule has 1 aliphatic rings. The summed E-state index contributed by atoms with van der Waals surface area (Å²) >= 11 is 0. The number of anilines is 2. The van der Waals surface area contributed by atoms with Gasteiger partial charge >= 0.3 is 0 Å². The zero-order valence-electron chi connectivity index (χ0n) is 19.4. The van der Waals surface area contributed by atoms with Crippen molar-refractivity contribution in [1.82, 2.24) is 9.97 Å². The van der Waals surface area contributed by atoms with Crippen LogP contribution >= 0.6 is 0 Å². The van der Waals surface area contributed by atoms with Crippen molar-refractivity contribution in [2.24, 2.45) is 11.8 Å². The van der Waals surface area contributed by atoms with Crippen molar-refractivity contribution in [2.45, 2.75) is 33.6 Å². The van der Waals surface area contributed by atoms with Gasteiger partial charge in [0, 0.05) is 19.3 Å². The van der Waals surface area contributed by atoms with E-state index in [1.165, 1.54) is 6.07 Å². The Kier molecular flexibility index (Phi) is 6.86. The van der Waals surface area contributed by atoms with Crippen molar-refractivity contribution in [2.75, 3.05) is 23.3 Å². The van der Waals surface area contributed by atoms with Crippen LogP contribution in [0.25, 0.3) is 11.3 Å². The number of rotatable bonds is 5. The van der Waals surface area contributed by atoms with Crippen molar-refractivity contribution < 1.29 is 18.0 Å². The third-order valence-electron chi connectivity index (χ3n) is 6.08. The Balaban J connectivity index is 1.64. The average Bonchev–Trinajstić information content (AvgIpc) is 2.79. The molecular weight excluding hydrogens is 441 g/mol. The molecule has 3 aromatic rings. The Morgan fingerprint density at radius 2 is 1.74 bits per heavy atom. The van der Waals surface area contributed by atoms with E-state index in [2.05, 4.69) is 34.0 Å². The number of halogens is 3. The topological polar surface area (TPSA) is 58.1 Å². The number of nitrogens with zero attached hydrogens (tertiary/aromatic N) is 3. The van der Waals surface area contributed by atoms with Gasteiger partial charge in [0.15, 0.2) is 0 Å². The van der Waals surface area contributed by atoms with Crippen molar-refractivity contribution in [3.63, 3.8) is 0 Å². The second-order valence-electron chi connectivity index (χ2n) is 9.01. The summed E-state index contributed by atoms with van der Waals surface area (Å²) in [6.45, 7) is 7.84. The van der Waals surface area contributed by atoms with E-state index in [0.29, 0.717) is 29.5 Å². The Morgan fingerprint density at radius 3 is 2.38 bits per heavy atom. The maximum absolute atomic E-state index is 14.6. The van der Waals surface area contributed by atoms with Crippen LogP contribution in [0.4, 0.5) is 24.5 Å². The average molecular weight is 469 g/mol. The third-order valence-corrected chi connectivity index (χ3v) is 6.08. The molecule has 1 amide bonds. The number of hydrogen-bond acceptors (Lipinski definition) is 4. The Bertz CT molecular complexity index is 1180. The minimum absolute atomic E-state index is 0.162. The van der Waals surface area contributed by atoms with E-state index >= 15 is 0 Å². The van der Waals surface area contributed by atoms with E-state index in [1.807, 2.05) is 6.07 Å². The number of carbonyl (C=O) groups excluding carboxylic acids is 1. The van der Waals surface area contributed by atoms with Gasteiger partial charge in [0.2, 0.25) is 0 Å². The Hall–Kier alpha value is -3.42. The normalized spacial score (nSPS) is 18.1. The first-order valence-corrected chi connectivity index (χ1v) is 11.4. The van der Waals surface area contributed by atoms with Crippen LogP contribution in [-0.2, 0) is 6.42 Å². The number of amides is 1. The Morgan fingerprint density at radius 1 is 1.06 bits per heavy atom. The van der Waals surface area contributed by atoms with Gasteiger partial charge in [-0.2, -0.15) is 0 Å². The lowest BCUT2D eigenvalue weighted by Gasteiger charge is -2.37. The molecule has 0 spiro atoms. The minimum atomic E-state index is -0.927. The van der Waals surface area contributed by atoms with Crippen molar-refractivity contribution in [3.05, 3.63) is 71.4 Å². The highest BCUT2D eigenvalue weighted by Gasteiger charge is 2.25. The fraction of sp³-hybridized carbons (Fsp3) is 0.346. The molecule has 1 fully saturated rings. The lowest BCUT2D eigenvalue weighted by Crippen LogP contribution is -2.39. The molecule has 3 heterocycles. The summed E-state index contributed by atoms with van der Waals surface area (Å²) in [6, 6.07) is 6.31. The molecule has 0 aliphatic carbocycles. The quantitative estimate of drug-likeness (QED) is 0.510. The second kappa shape index (κ2) is 9.83. The fourth-order valence-corrected chi connectivity index (χ4v) is 4.61. The molecule has 0 bridgehead atoms. The highest BCUT2D eigenvalue weighted by molar-refractivity contribution is 6.04. The smallest absolute Gasteiger partial charge is 0.274 e. The van der Waals surface area contributed by atoms with Gasteiger partial charge in [-0.05, 0) is 60.6 Å². The summed E-state index contributed by atoms with van der Waals surface area (Å²) in [5.74, 6) is -2.39. The number of benzene rings is 1. The van der Waals surface area contributed by atoms with Gasteiger partial charge in [0.1, 0.15) is 28.8 Å². The van der Waals surface area contributed by atoms with E-state index in [0.717, 1.165) is 43.4 Å². The highest BCUT2D eigenvalue weighted by atomic mass is 19.1. The zero-order valence-corrected chi connectivity index (χ0v) is 19.4. The molecule has 1 aliphatic heterocycles. The molecule has 2 atom stereocenters. The predicted molar refractivity (Wildman–Crippen MR) is 126 cm³/mol. The number of carbonyl (C=O) groups is 1. The van der Waals surface area contributed by atoms with Crippen LogP contribution in [0.1, 0.15) is 43.2 Å². The summed E-state index contributed by atoms with van der Waals surface area (Å²) in [7, 11) is 0. The summed E-state index contributed by atoms with van der Waals surface area (Å²) < 4.78 is 43.7. The molecule has 178 valence electrons. The van der Waals surface area contributed by atoms with E-state index in [1.54, 1.807) is 19.3 Å². The lowest BCUT2D eigenvalue weighted by atomic mass is 9.91. The number of aryl methyl sites for hydroxylation is 1. The lowest BCUT2D eigenvalue weighted by molar-refractivity contribution is 0.102. The number of hydrogen-bond donors (Lipinski definition) is 1. The van der Waals surface area contributed by atoms with Crippen molar-refractivity contribution in [3.8, 4) is 11.3 Å². The number of nitrogens with one attached hydrogen (secondary N) is 1. The molecule has 1 saturated heterocycles. The Labute approximate surface area is 197 Å². The van der Waals surface area contributed by atoms with Gasteiger partial charge in [-0.25, -0.2) is 18.2 Å². The summed E-state index contributed by atoms with van der Waals surface area (Å²) in [5.41, 5.74) is 0.462. The van der Waals surface area contributed by atoms with Crippen molar-refractivity contribution in [1.29, 1.82) is 0 Å². The monoisotopic (exact) mass is 468 g/mol. The van der Waals surface area contributed by atoms with Crippen LogP contribution in [0, 0.1) is 29.3 Å². The molecule has 2 aromatic heterocycles. The van der Waals surface area contributed by atoms with Crippen LogP contribution in [0.3, 0.4) is 0 Å². The maximum atomic E-state index is 14.6. The molecule has 8 heteroatoms. The fourth-order valence-electron chi connectivity index (χ4n) is 4.61. The molecule has 1 unspecified atom stereocenters. The predicted octanol–water partition coefficient (Wildman–Crippen LogP) is 5.86. The van der Waals surface area contributed by atoms with Crippen LogP contribution in [0.5, 0.6) is 0 Å². The molecule has 0 saturated carbocycles. The first-order chi connectivity index (χ1) is 16.3. The zero-order chi connectivity index (χ0) is 24.4. The minimum Gasteiger partial charge on any atom is -0.369 e. The first-order valence-electron chi connectivity index (χ1n) is 11.4. The van der Waals surface area contributed by atoms with E-state index in [9.17, 15) is 18.0 Å². The first kappa shape index (κ1) is 23.7. The molecule has 1 aromatic carbocycles. The van der Waals surface area contributed by atoms with E-state index in [-0.39, 0.29) is 5.69 Å². The van der Waals surface area contributed by atoms with Crippen LogP contribution in [0.15, 0.2) is 42.7 Å². The molecular formula is C26H27F3N4O. The van der Waals surface area contributed by atoms with Gasteiger partial charge in [-0.3, -0.25) is 9.78 Å². The van der Waals surface area contributed by atoms with Crippen LogP contribution in [0.2, 0.25) is 0 Å². The summed E-state index contributed by atoms with van der Waals surface area (Å²) in [4.78, 5) is 23.3. The summed E-state index contributed by atoms with van der Waals surface area (Å²) in [5, 5.41) is 2.78. The van der Waals surface area contributed by atoms with E-state index in [4.69, 9.17) is 0 Å². The molecule has 34 heavy (non-hydrogen) atoms. The standard InChI is InChI=1S/C26H27F3N4O/c1-4-17-10-19(28)24(20(29)11-17)25-18(27)5-6-21(31-25)26(34)32-22-12-30-8-7-23(22)33-13-15(2)9-16(3)14-33/h5-8,10-12,15-16H,4,9,13-14H2,1-3H3,(H,32,34)/t15-,16?/m0/s1. The van der Waals surface area contributed by atoms with Crippen LogP contribution in [-0.4, -0.2) is 29.0 Å². The van der Waals surface area contributed by atoms with Gasteiger partial charge in [0.05, 0.1) is 23.1 Å². The van der Waals surface area contributed by atoms with E-state index < -0.39 is 34.6 Å². The molecule has 4 rings (SSSR count). The molecule has 1 N–H and O–H groups in total. The van der Waals surface area contributed by atoms with Gasteiger partial charge in [-0.1, -0.05) is 20.8 Å². The van der Waals surface area contributed by atoms with Crippen molar-refractivity contribution >= 4 is 17.3 Å². The number of aromatic nitrogens is 2. The highest BCUT2D eigenvalue weighted by Crippen LogP contribution is 2.32. The van der Waals surface area contributed by atoms with Crippen LogP contribution < -0.4 is 10.2 Å². The third kappa shape index (κ3) is 4.90. The molecule has 0 radical (unpaired) electrons. The number of pyridine rings is 2. The largest absolute Gasteiger partial charge is 0.369 e. The maximum Gasteiger partial charge on any atom is 0.274 e. The van der Waals surface area contributed by atoms with Gasteiger partial charge < -0.3 is 10.2 Å². The SMILES string of the molecule is CCc1cc(F)c(-c2nc(C(=O)Nc3cnccc3N3CC(C)C[C@H](C)C3)ccc2F)c(F)c1. The van der Waals surface area contributed by atoms with Gasteiger partial charge in [0.25, 0.3) is 5.91 Å². The summed E-state index contributed by atoms with van der Waals surface area (Å²) in [6.07, 6.45) is 4.77. The van der Waals surface area contributed by atoms with Gasteiger partial charge in [-0.15, -0.1) is 0 Å². The second-order valence-corrected chi connectivity index (χ2v) is 9.01. The number of piperidine rings is 1. The molecule has 5 nitrogen and oxygen atoms in total.